The van der Waals surface area contributed by atoms with E-state index in [1.54, 1.807) is 13.8 Å². The predicted octanol–water partition coefficient (Wildman–Crippen LogP) is 3.98. The van der Waals surface area contributed by atoms with Crippen LogP contribution in [0.5, 0.6) is 0 Å². The van der Waals surface area contributed by atoms with E-state index in [9.17, 15) is 14.0 Å². The average Bonchev–Trinajstić information content (AvgIpc) is 3.08. The van der Waals surface area contributed by atoms with Gasteiger partial charge >= 0.3 is 11.9 Å². The Hall–Kier alpha value is -2.17. The van der Waals surface area contributed by atoms with Crippen LogP contribution in [0.15, 0.2) is 42.2 Å². The summed E-state index contributed by atoms with van der Waals surface area (Å²) < 4.78 is 23.9. The van der Waals surface area contributed by atoms with Gasteiger partial charge in [0.2, 0.25) is 5.83 Å². The summed E-state index contributed by atoms with van der Waals surface area (Å²) >= 11 is 0. The number of ether oxygens (including phenoxy) is 2. The van der Waals surface area contributed by atoms with Crippen molar-refractivity contribution >= 4 is 11.9 Å². The Morgan fingerprint density at radius 1 is 1.29 bits per heavy atom. The molecule has 0 bridgehead atoms. The minimum absolute atomic E-state index is 0.105. The maximum Gasteiger partial charge on any atom is 0.366 e. The minimum Gasteiger partial charge on any atom is -0.461 e. The van der Waals surface area contributed by atoms with Crippen molar-refractivity contribution in [3.8, 4) is 0 Å². The Balaban J connectivity index is 2.02. The highest BCUT2D eigenvalue weighted by Crippen LogP contribution is 2.60. The van der Waals surface area contributed by atoms with Crippen LogP contribution in [0.25, 0.3) is 0 Å². The molecule has 0 amide bonds. The average molecular weight is 334 g/mol. The molecule has 1 aromatic carbocycles. The van der Waals surface area contributed by atoms with Crippen LogP contribution >= 0.6 is 0 Å². The van der Waals surface area contributed by atoms with Crippen molar-refractivity contribution in [2.45, 2.75) is 33.8 Å². The minimum atomic E-state index is -0.995. The first kappa shape index (κ1) is 18.2. The van der Waals surface area contributed by atoms with Crippen LogP contribution in [0.2, 0.25) is 0 Å². The van der Waals surface area contributed by atoms with Gasteiger partial charge in [0.05, 0.1) is 12.5 Å². The lowest BCUT2D eigenvalue weighted by Gasteiger charge is -2.14. The molecule has 1 unspecified atom stereocenters. The molecule has 1 fully saturated rings. The molecular formula is C19H23FO4. The van der Waals surface area contributed by atoms with Gasteiger partial charge in [0.25, 0.3) is 0 Å². The summed E-state index contributed by atoms with van der Waals surface area (Å²) in [5.74, 6) is -3.18. The molecule has 1 saturated carbocycles. The topological polar surface area (TPSA) is 52.6 Å². The second-order valence-corrected chi connectivity index (χ2v) is 6.55. The highest BCUT2D eigenvalue weighted by atomic mass is 19.1. The van der Waals surface area contributed by atoms with E-state index in [4.69, 9.17) is 4.74 Å². The fraction of sp³-hybridized carbons (Fsp3) is 0.474. The van der Waals surface area contributed by atoms with Gasteiger partial charge in [-0.25, -0.2) is 4.79 Å². The third kappa shape index (κ3) is 3.83. The Labute approximate surface area is 141 Å². The molecule has 1 aromatic rings. The molecule has 3 atom stereocenters. The number of hydrogen-bond acceptors (Lipinski definition) is 4. The number of benzene rings is 1. The van der Waals surface area contributed by atoms with E-state index < -0.39 is 23.1 Å². The van der Waals surface area contributed by atoms with Crippen LogP contribution in [-0.4, -0.2) is 18.5 Å². The first-order valence-electron chi connectivity index (χ1n) is 8.09. The summed E-state index contributed by atoms with van der Waals surface area (Å²) in [5, 5.41) is 0. The number of esters is 2. The van der Waals surface area contributed by atoms with Crippen molar-refractivity contribution in [2.75, 3.05) is 6.61 Å². The molecule has 130 valence electrons. The van der Waals surface area contributed by atoms with Crippen molar-refractivity contribution < 1.29 is 23.5 Å². The van der Waals surface area contributed by atoms with Gasteiger partial charge in [-0.2, -0.15) is 4.39 Å². The molecule has 2 rings (SSSR count). The molecular weight excluding hydrogens is 311 g/mol. The van der Waals surface area contributed by atoms with Crippen molar-refractivity contribution in [3.63, 3.8) is 0 Å². The first-order valence-corrected chi connectivity index (χ1v) is 8.09. The number of carbonyl (C=O) groups excluding carboxylic acids is 2. The Morgan fingerprint density at radius 3 is 2.50 bits per heavy atom. The highest BCUT2D eigenvalue weighted by Gasteiger charge is 2.62. The third-order valence-corrected chi connectivity index (χ3v) is 4.52. The smallest absolute Gasteiger partial charge is 0.366 e. The lowest BCUT2D eigenvalue weighted by Crippen LogP contribution is -2.13. The molecule has 5 heteroatoms. The van der Waals surface area contributed by atoms with Gasteiger partial charge in [0.1, 0.15) is 6.10 Å². The molecule has 0 spiro atoms. The lowest BCUT2D eigenvalue weighted by molar-refractivity contribution is -0.151. The zero-order valence-corrected chi connectivity index (χ0v) is 14.4. The Kier molecular flexibility index (Phi) is 5.42. The van der Waals surface area contributed by atoms with E-state index in [-0.39, 0.29) is 24.6 Å². The molecule has 0 aliphatic heterocycles. The molecule has 4 nitrogen and oxygen atoms in total. The van der Waals surface area contributed by atoms with Crippen LogP contribution in [-0.2, 0) is 19.1 Å². The van der Waals surface area contributed by atoms with Gasteiger partial charge < -0.3 is 9.47 Å². The van der Waals surface area contributed by atoms with E-state index in [1.807, 2.05) is 44.2 Å². The lowest BCUT2D eigenvalue weighted by atomic mass is 10.1. The Bertz CT molecular complexity index is 636. The van der Waals surface area contributed by atoms with Crippen molar-refractivity contribution in [1.82, 2.24) is 0 Å². The van der Waals surface area contributed by atoms with Gasteiger partial charge in [-0.15, -0.1) is 0 Å². The SMILES string of the molecule is CCOC(=O)/C(F)=C/[C@H]1[C@@H](C(=O)OC(C)c2ccccc2)C1(C)C. The summed E-state index contributed by atoms with van der Waals surface area (Å²) in [7, 11) is 0. The fourth-order valence-corrected chi connectivity index (χ4v) is 2.90. The zero-order chi connectivity index (χ0) is 17.9. The van der Waals surface area contributed by atoms with Gasteiger partial charge in [-0.1, -0.05) is 44.2 Å². The van der Waals surface area contributed by atoms with Crippen LogP contribution < -0.4 is 0 Å². The maximum absolute atomic E-state index is 13.8. The number of allylic oxidation sites excluding steroid dienone is 1. The molecule has 0 N–H and O–H groups in total. The zero-order valence-electron chi connectivity index (χ0n) is 14.4. The van der Waals surface area contributed by atoms with E-state index in [1.165, 1.54) is 6.08 Å². The van der Waals surface area contributed by atoms with E-state index in [2.05, 4.69) is 4.74 Å². The monoisotopic (exact) mass is 334 g/mol. The summed E-state index contributed by atoms with van der Waals surface area (Å²) in [5.41, 5.74) is 0.450. The molecule has 1 aliphatic rings. The molecule has 0 heterocycles. The number of hydrogen-bond donors (Lipinski definition) is 0. The van der Waals surface area contributed by atoms with Crippen LogP contribution in [0.3, 0.4) is 0 Å². The number of carbonyl (C=O) groups is 2. The normalized spacial score (nSPS) is 23.3. The van der Waals surface area contributed by atoms with E-state index in [0.29, 0.717) is 0 Å². The third-order valence-electron chi connectivity index (χ3n) is 4.52. The van der Waals surface area contributed by atoms with Gasteiger partial charge in [-0.05, 0) is 36.8 Å². The van der Waals surface area contributed by atoms with Crippen LogP contribution in [0.4, 0.5) is 4.39 Å². The Morgan fingerprint density at radius 2 is 1.92 bits per heavy atom. The predicted molar refractivity (Wildman–Crippen MR) is 87.5 cm³/mol. The molecule has 24 heavy (non-hydrogen) atoms. The van der Waals surface area contributed by atoms with Gasteiger partial charge in [0, 0.05) is 0 Å². The second-order valence-electron chi connectivity index (χ2n) is 6.55. The van der Waals surface area contributed by atoms with Crippen LogP contribution in [0.1, 0.15) is 39.4 Å². The standard InChI is InChI=1S/C19H23FO4/c1-5-23-17(21)15(20)11-14-16(19(14,3)4)18(22)24-12(2)13-9-7-6-8-10-13/h6-12,14,16H,5H2,1-4H3/b15-11-/t12?,14-,16-/m0/s1. The van der Waals surface area contributed by atoms with Gasteiger partial charge in [-0.3, -0.25) is 4.79 Å². The van der Waals surface area contributed by atoms with Crippen molar-refractivity contribution in [1.29, 1.82) is 0 Å². The van der Waals surface area contributed by atoms with Crippen molar-refractivity contribution in [3.05, 3.63) is 47.8 Å². The van der Waals surface area contributed by atoms with E-state index in [0.717, 1.165) is 5.56 Å². The number of rotatable bonds is 6. The summed E-state index contributed by atoms with van der Waals surface area (Å²) in [6.07, 6.45) is 0.798. The van der Waals surface area contributed by atoms with Crippen LogP contribution in [0, 0.1) is 17.3 Å². The summed E-state index contributed by atoms with van der Waals surface area (Å²) in [6.45, 7) is 7.22. The maximum atomic E-state index is 13.8. The second kappa shape index (κ2) is 7.16. The molecule has 0 aromatic heterocycles. The molecule has 0 saturated heterocycles. The highest BCUT2D eigenvalue weighted by molar-refractivity contribution is 5.86. The van der Waals surface area contributed by atoms with Crippen molar-refractivity contribution in [2.24, 2.45) is 17.3 Å². The molecule has 0 radical (unpaired) electrons. The first-order chi connectivity index (χ1) is 11.3. The molecule has 1 aliphatic carbocycles. The number of halogens is 1. The summed E-state index contributed by atoms with van der Waals surface area (Å²) in [4.78, 5) is 23.8. The largest absolute Gasteiger partial charge is 0.461 e. The fourth-order valence-electron chi connectivity index (χ4n) is 2.90. The van der Waals surface area contributed by atoms with Gasteiger partial charge in [0.15, 0.2) is 0 Å². The van der Waals surface area contributed by atoms with E-state index >= 15 is 0 Å². The summed E-state index contributed by atoms with van der Waals surface area (Å²) in [6, 6.07) is 9.41. The quantitative estimate of drug-likeness (QED) is 0.583.